The van der Waals surface area contributed by atoms with Gasteiger partial charge in [0.1, 0.15) is 17.2 Å². The van der Waals surface area contributed by atoms with Gasteiger partial charge in [-0.05, 0) is 60.0 Å². The molecule has 1 unspecified atom stereocenters. The zero-order valence-corrected chi connectivity index (χ0v) is 21.8. The molecule has 4 aromatic rings. The van der Waals surface area contributed by atoms with Crippen molar-refractivity contribution in [3.05, 3.63) is 99.3 Å². The average molecular weight is 523 g/mol. The Morgan fingerprint density at radius 2 is 1.95 bits per heavy atom. The van der Waals surface area contributed by atoms with Gasteiger partial charge in [-0.2, -0.15) is 0 Å². The van der Waals surface area contributed by atoms with E-state index in [1.807, 2.05) is 44.2 Å². The third kappa shape index (κ3) is 4.27. The van der Waals surface area contributed by atoms with Crippen LogP contribution in [-0.2, 0) is 11.3 Å². The minimum atomic E-state index is -0.664. The van der Waals surface area contributed by atoms with Crippen LogP contribution >= 0.6 is 0 Å². The number of methoxy groups -OCH3 is 1. The van der Waals surface area contributed by atoms with Crippen LogP contribution in [0.2, 0.25) is 0 Å². The standard InChI is InChI=1S/C31H26N2O6/c1-17(2)16-33-24-8-6-20(37-3)12-19(24)13-23(31(33)36)22-14-27(34)38-25-9-7-21-29(35)26(39-30(21)28(22)25)11-18-5-4-10-32-15-18/h4-13,15,17,22H,14,16H2,1-3H3/b26-11-. The number of pyridine rings is 2. The molecule has 0 bridgehead atoms. The maximum absolute atomic E-state index is 14.0. The van der Waals surface area contributed by atoms with Crippen molar-refractivity contribution in [1.82, 2.24) is 9.55 Å². The summed E-state index contributed by atoms with van der Waals surface area (Å²) < 4.78 is 18.9. The highest BCUT2D eigenvalue weighted by Crippen LogP contribution is 2.48. The Labute approximate surface area is 224 Å². The smallest absolute Gasteiger partial charge is 0.312 e. The number of hydrogen-bond donors (Lipinski definition) is 0. The summed E-state index contributed by atoms with van der Waals surface area (Å²) >= 11 is 0. The monoisotopic (exact) mass is 522 g/mol. The molecule has 2 aromatic heterocycles. The lowest BCUT2D eigenvalue weighted by molar-refractivity contribution is -0.135. The van der Waals surface area contributed by atoms with Crippen LogP contribution in [0, 0.1) is 5.92 Å². The summed E-state index contributed by atoms with van der Waals surface area (Å²) in [6.07, 6.45) is 4.85. The van der Waals surface area contributed by atoms with Crippen LogP contribution in [0.4, 0.5) is 0 Å². The van der Waals surface area contributed by atoms with Crippen molar-refractivity contribution in [2.75, 3.05) is 7.11 Å². The first-order valence-electron chi connectivity index (χ1n) is 12.8. The van der Waals surface area contributed by atoms with Gasteiger partial charge in [0.15, 0.2) is 5.76 Å². The molecule has 6 rings (SSSR count). The minimum Gasteiger partial charge on any atom is -0.497 e. The van der Waals surface area contributed by atoms with Crippen LogP contribution in [0.1, 0.15) is 53.2 Å². The first-order valence-corrected chi connectivity index (χ1v) is 12.8. The molecule has 0 aliphatic carbocycles. The highest BCUT2D eigenvalue weighted by atomic mass is 16.5. The largest absolute Gasteiger partial charge is 0.497 e. The number of esters is 1. The quantitative estimate of drug-likeness (QED) is 0.204. The highest BCUT2D eigenvalue weighted by molar-refractivity contribution is 6.15. The SMILES string of the molecule is COc1ccc2c(c1)cc(C1CC(=O)Oc3ccc4c(c31)O/C(=C\c1cccnc1)C4=O)c(=O)n2CC(C)C. The number of aromatic nitrogens is 2. The van der Waals surface area contributed by atoms with Crippen molar-refractivity contribution in [3.63, 3.8) is 0 Å². The fourth-order valence-corrected chi connectivity index (χ4v) is 5.30. The van der Waals surface area contributed by atoms with Gasteiger partial charge in [0.2, 0.25) is 5.78 Å². The highest BCUT2D eigenvalue weighted by Gasteiger charge is 2.39. The molecular formula is C31H26N2O6. The lowest BCUT2D eigenvalue weighted by atomic mass is 9.84. The molecule has 2 aliphatic heterocycles. The van der Waals surface area contributed by atoms with E-state index in [0.717, 1.165) is 10.9 Å². The molecule has 0 spiro atoms. The van der Waals surface area contributed by atoms with Gasteiger partial charge in [-0.15, -0.1) is 0 Å². The van der Waals surface area contributed by atoms with E-state index in [2.05, 4.69) is 4.98 Å². The molecular weight excluding hydrogens is 496 g/mol. The molecule has 0 amide bonds. The minimum absolute atomic E-state index is 0.0605. The Morgan fingerprint density at radius 1 is 1.10 bits per heavy atom. The van der Waals surface area contributed by atoms with Crippen LogP contribution in [0.5, 0.6) is 17.2 Å². The van der Waals surface area contributed by atoms with Crippen molar-refractivity contribution >= 4 is 28.7 Å². The molecule has 0 N–H and O–H groups in total. The Hall–Kier alpha value is -4.72. The number of ketones is 1. The van der Waals surface area contributed by atoms with Gasteiger partial charge in [-0.25, -0.2) is 0 Å². The van der Waals surface area contributed by atoms with Gasteiger partial charge >= 0.3 is 5.97 Å². The predicted octanol–water partition coefficient (Wildman–Crippen LogP) is 5.12. The summed E-state index contributed by atoms with van der Waals surface area (Å²) in [5.74, 6) is 0.197. The number of benzene rings is 2. The second-order valence-electron chi connectivity index (χ2n) is 10.1. The van der Waals surface area contributed by atoms with Crippen LogP contribution in [0.15, 0.2) is 71.5 Å². The molecule has 8 nitrogen and oxygen atoms in total. The van der Waals surface area contributed by atoms with Gasteiger partial charge in [-0.3, -0.25) is 19.4 Å². The normalized spacial score (nSPS) is 17.2. The molecule has 0 saturated carbocycles. The Bertz CT molecular complexity index is 1740. The molecule has 0 fully saturated rings. The number of fused-ring (bicyclic) bond motifs is 4. The molecule has 0 saturated heterocycles. The zero-order valence-electron chi connectivity index (χ0n) is 21.8. The lowest BCUT2D eigenvalue weighted by Crippen LogP contribution is -2.31. The first-order chi connectivity index (χ1) is 18.8. The van der Waals surface area contributed by atoms with E-state index in [1.165, 1.54) is 0 Å². The van der Waals surface area contributed by atoms with E-state index < -0.39 is 11.9 Å². The average Bonchev–Trinajstić information content (AvgIpc) is 3.24. The third-order valence-corrected chi connectivity index (χ3v) is 7.01. The predicted molar refractivity (Wildman–Crippen MR) is 145 cm³/mol. The summed E-state index contributed by atoms with van der Waals surface area (Å²) in [4.78, 5) is 44.1. The molecule has 2 aromatic carbocycles. The summed E-state index contributed by atoms with van der Waals surface area (Å²) in [6.45, 7) is 4.59. The second kappa shape index (κ2) is 9.54. The van der Waals surface area contributed by atoms with E-state index in [-0.39, 0.29) is 35.2 Å². The number of carbonyl (C=O) groups is 2. The van der Waals surface area contributed by atoms with E-state index in [0.29, 0.717) is 40.3 Å². The van der Waals surface area contributed by atoms with Gasteiger partial charge in [-0.1, -0.05) is 19.9 Å². The molecule has 8 heteroatoms. The molecule has 0 radical (unpaired) electrons. The van der Waals surface area contributed by atoms with Crippen LogP contribution < -0.4 is 19.8 Å². The molecule has 196 valence electrons. The number of ether oxygens (including phenoxy) is 3. The maximum Gasteiger partial charge on any atom is 0.312 e. The number of carbonyl (C=O) groups excluding carboxylic acids is 2. The number of hydrogen-bond acceptors (Lipinski definition) is 7. The van der Waals surface area contributed by atoms with Crippen LogP contribution in [0.25, 0.3) is 17.0 Å². The number of Topliss-reactive ketones (excluding diaryl/α,β-unsaturated/α-hetero) is 1. The van der Waals surface area contributed by atoms with Crippen LogP contribution in [-0.4, -0.2) is 28.4 Å². The van der Waals surface area contributed by atoms with Gasteiger partial charge in [0, 0.05) is 41.4 Å². The van der Waals surface area contributed by atoms with Gasteiger partial charge in [0.25, 0.3) is 5.56 Å². The zero-order chi connectivity index (χ0) is 27.3. The van der Waals surface area contributed by atoms with E-state index in [9.17, 15) is 14.4 Å². The van der Waals surface area contributed by atoms with Crippen LogP contribution in [0.3, 0.4) is 0 Å². The van der Waals surface area contributed by atoms with Crippen molar-refractivity contribution in [2.24, 2.45) is 5.92 Å². The van der Waals surface area contributed by atoms with E-state index in [1.54, 1.807) is 48.3 Å². The first kappa shape index (κ1) is 24.6. The van der Waals surface area contributed by atoms with Crippen molar-refractivity contribution < 1.29 is 23.8 Å². The number of allylic oxidation sites excluding steroid dienone is 1. The summed E-state index contributed by atoms with van der Waals surface area (Å²) in [7, 11) is 1.59. The Kier molecular flexibility index (Phi) is 6.02. The van der Waals surface area contributed by atoms with Gasteiger partial charge < -0.3 is 18.8 Å². The Balaban J connectivity index is 1.55. The second-order valence-corrected chi connectivity index (χ2v) is 10.1. The van der Waals surface area contributed by atoms with Gasteiger partial charge in [0.05, 0.1) is 24.6 Å². The topological polar surface area (TPSA) is 96.7 Å². The fraction of sp³-hybridized carbons (Fsp3) is 0.226. The molecule has 2 aliphatic rings. The van der Waals surface area contributed by atoms with Crippen molar-refractivity contribution in [3.8, 4) is 17.2 Å². The molecule has 1 atom stereocenters. The van der Waals surface area contributed by atoms with E-state index >= 15 is 0 Å². The number of nitrogens with zero attached hydrogens (tertiary/aromatic N) is 2. The summed E-state index contributed by atoms with van der Waals surface area (Å²) in [5, 5.41) is 0.812. The van der Waals surface area contributed by atoms with Crippen molar-refractivity contribution in [2.45, 2.75) is 32.7 Å². The van der Waals surface area contributed by atoms with Crippen molar-refractivity contribution in [1.29, 1.82) is 0 Å². The Morgan fingerprint density at radius 3 is 2.69 bits per heavy atom. The fourth-order valence-electron chi connectivity index (χ4n) is 5.30. The summed E-state index contributed by atoms with van der Waals surface area (Å²) in [6, 6.07) is 14.2. The maximum atomic E-state index is 14.0. The molecule has 4 heterocycles. The molecule has 39 heavy (non-hydrogen) atoms. The third-order valence-electron chi connectivity index (χ3n) is 7.01. The number of rotatable bonds is 5. The lowest BCUT2D eigenvalue weighted by Gasteiger charge is -2.27. The summed E-state index contributed by atoms with van der Waals surface area (Å²) in [5.41, 5.74) is 2.61. The van der Waals surface area contributed by atoms with E-state index in [4.69, 9.17) is 14.2 Å².